The lowest BCUT2D eigenvalue weighted by molar-refractivity contribution is -0.438. The molecule has 6 heteroatoms. The molecule has 52 heavy (non-hydrogen) atoms. The summed E-state index contributed by atoms with van der Waals surface area (Å²) >= 11 is 0. The number of allylic oxidation sites excluding steroid dienone is 3. The van der Waals surface area contributed by atoms with Crippen LogP contribution in [0.15, 0.2) is 89.7 Å². The first-order chi connectivity index (χ1) is 25.2. The molecule has 6 nitrogen and oxygen atoms in total. The number of hydrogen-bond donors (Lipinski definition) is 2. The number of aliphatic hydroxyl groups is 1. The smallest absolute Gasteiger partial charge is 0.335 e. The number of fused-ring (bicyclic) bond motifs is 3. The predicted octanol–water partition coefficient (Wildman–Crippen LogP) is 10.5. The van der Waals surface area contributed by atoms with Gasteiger partial charge in [0.2, 0.25) is 11.5 Å². The number of benzene rings is 4. The molecule has 2 aliphatic rings. The Morgan fingerprint density at radius 1 is 0.808 bits per heavy atom. The standard InChI is InChI=1S/C46H50N2O4/c1-5-7-9-11-12-14-26-48-38-24-22-31-27-32(45(51)52)21-23-33(31)42(38)46(3,4)40(48)29-36-43(49)35(44(36)50)28-39-34-19-15-17-30-18-16-20-37(41(30)34)47(39)25-13-10-8-6-2/h15-24,27-29H,5-14,25-26H2,1-4H3,(H-,49,50,51,52)/p+1. The molecule has 2 N–H and O–H groups in total. The highest BCUT2D eigenvalue weighted by Gasteiger charge is 2.47. The van der Waals surface area contributed by atoms with E-state index >= 15 is 0 Å². The normalized spacial score (nSPS) is 16.7. The molecule has 7 rings (SSSR count). The Morgan fingerprint density at radius 2 is 1.52 bits per heavy atom. The van der Waals surface area contributed by atoms with Crippen LogP contribution in [-0.2, 0) is 16.8 Å². The van der Waals surface area contributed by atoms with Crippen molar-refractivity contribution in [3.8, 4) is 0 Å². The van der Waals surface area contributed by atoms with Crippen LogP contribution in [0, 0.1) is 0 Å². The summed E-state index contributed by atoms with van der Waals surface area (Å²) in [4.78, 5) is 25.9. The van der Waals surface area contributed by atoms with Gasteiger partial charge in [-0.25, -0.2) is 4.79 Å². The fourth-order valence-corrected chi connectivity index (χ4v) is 8.59. The van der Waals surface area contributed by atoms with Crippen LogP contribution in [0.1, 0.15) is 108 Å². The Hall–Kier alpha value is -4.97. The van der Waals surface area contributed by atoms with Crippen LogP contribution in [0.3, 0.4) is 0 Å². The van der Waals surface area contributed by atoms with Crippen LogP contribution >= 0.6 is 0 Å². The number of ketones is 1. The summed E-state index contributed by atoms with van der Waals surface area (Å²) in [6, 6.07) is 22.2. The quantitative estimate of drug-likeness (QED) is 0.0649. The maximum absolute atomic E-state index is 14.1. The fraction of sp³-hybridized carbons (Fsp3) is 0.370. The van der Waals surface area contributed by atoms with Gasteiger partial charge in [0.15, 0.2) is 5.71 Å². The Morgan fingerprint density at radius 3 is 2.25 bits per heavy atom. The zero-order chi connectivity index (χ0) is 36.6. The Bertz CT molecular complexity index is 2360. The van der Waals surface area contributed by atoms with Gasteiger partial charge in [-0.2, -0.15) is 4.58 Å². The average molecular weight is 696 g/mol. The van der Waals surface area contributed by atoms with Crippen molar-refractivity contribution in [1.29, 1.82) is 0 Å². The monoisotopic (exact) mass is 695 g/mol. The van der Waals surface area contributed by atoms with Crippen molar-refractivity contribution in [3.63, 3.8) is 0 Å². The van der Waals surface area contributed by atoms with Crippen molar-refractivity contribution in [3.05, 3.63) is 106 Å². The van der Waals surface area contributed by atoms with Gasteiger partial charge in [-0.1, -0.05) is 95.2 Å². The lowest BCUT2D eigenvalue weighted by Crippen LogP contribution is -2.31. The molecule has 1 aromatic heterocycles. The molecule has 0 saturated heterocycles. The number of nitrogens with zero attached hydrogens (tertiary/aromatic N) is 2. The maximum atomic E-state index is 14.1. The molecule has 2 heterocycles. The highest BCUT2D eigenvalue weighted by Crippen LogP contribution is 2.45. The minimum Gasteiger partial charge on any atom is -0.506 e. The fourth-order valence-electron chi connectivity index (χ4n) is 8.59. The molecule has 268 valence electrons. The van der Waals surface area contributed by atoms with E-state index in [2.05, 4.69) is 79.3 Å². The summed E-state index contributed by atoms with van der Waals surface area (Å²) in [5.41, 5.74) is 4.79. The second-order valence-corrected chi connectivity index (χ2v) is 15.2. The maximum Gasteiger partial charge on any atom is 0.335 e. The molecule has 0 saturated carbocycles. The van der Waals surface area contributed by atoms with Gasteiger partial charge in [-0.05, 0) is 73.2 Å². The number of hydrogen-bond acceptors (Lipinski definition) is 3. The van der Waals surface area contributed by atoms with Gasteiger partial charge in [-0.3, -0.25) is 4.79 Å². The second kappa shape index (κ2) is 14.6. The summed E-state index contributed by atoms with van der Waals surface area (Å²) in [6.07, 6.45) is 15.4. The van der Waals surface area contributed by atoms with Crippen molar-refractivity contribution in [1.82, 2.24) is 4.57 Å². The highest BCUT2D eigenvalue weighted by molar-refractivity contribution is 6.27. The summed E-state index contributed by atoms with van der Waals surface area (Å²) < 4.78 is 4.66. The minimum absolute atomic E-state index is 0.0429. The number of unbranched alkanes of at least 4 members (excludes halogenated alkanes) is 8. The topological polar surface area (TPSA) is 82.5 Å². The average Bonchev–Trinajstić information content (AvgIpc) is 3.56. The molecule has 0 fully saturated rings. The van der Waals surface area contributed by atoms with E-state index in [1.165, 1.54) is 49.3 Å². The lowest BCUT2D eigenvalue weighted by atomic mass is 9.77. The Balaban J connectivity index is 1.31. The molecule has 5 aromatic rings. The molecule has 0 spiro atoms. The molecular weight excluding hydrogens is 645 g/mol. The number of carbonyl (C=O) groups excluding carboxylic acids is 1. The molecule has 0 bridgehead atoms. The largest absolute Gasteiger partial charge is 0.506 e. The third kappa shape index (κ3) is 6.16. The van der Waals surface area contributed by atoms with Crippen molar-refractivity contribution in [2.24, 2.45) is 0 Å². The van der Waals surface area contributed by atoms with E-state index in [1.54, 1.807) is 12.1 Å². The molecule has 0 unspecified atom stereocenters. The van der Waals surface area contributed by atoms with Gasteiger partial charge in [-0.15, -0.1) is 0 Å². The van der Waals surface area contributed by atoms with Crippen molar-refractivity contribution in [2.45, 2.75) is 104 Å². The predicted molar refractivity (Wildman–Crippen MR) is 213 cm³/mol. The first-order valence-electron chi connectivity index (χ1n) is 19.3. The lowest BCUT2D eigenvalue weighted by Gasteiger charge is -2.22. The molecule has 1 aliphatic carbocycles. The summed E-state index contributed by atoms with van der Waals surface area (Å²) in [7, 11) is 0. The minimum atomic E-state index is -0.947. The molecule has 0 amide bonds. The molecular formula is C46H51N2O4+. The van der Waals surface area contributed by atoms with Gasteiger partial charge >= 0.3 is 5.97 Å². The van der Waals surface area contributed by atoms with Gasteiger partial charge in [0, 0.05) is 52.3 Å². The highest BCUT2D eigenvalue weighted by atomic mass is 16.4. The third-order valence-corrected chi connectivity index (χ3v) is 11.4. The van der Waals surface area contributed by atoms with E-state index in [0.29, 0.717) is 11.1 Å². The van der Waals surface area contributed by atoms with Crippen LogP contribution in [0.2, 0.25) is 0 Å². The van der Waals surface area contributed by atoms with Crippen molar-refractivity contribution < 1.29 is 24.4 Å². The van der Waals surface area contributed by atoms with E-state index in [0.717, 1.165) is 82.8 Å². The molecule has 4 aromatic carbocycles. The van der Waals surface area contributed by atoms with Crippen LogP contribution in [0.5, 0.6) is 0 Å². The number of aliphatic hydroxyl groups excluding tert-OH is 1. The number of aromatic nitrogens is 1. The van der Waals surface area contributed by atoms with Crippen molar-refractivity contribution in [2.75, 3.05) is 6.54 Å². The van der Waals surface area contributed by atoms with Gasteiger partial charge in [0.25, 0.3) is 0 Å². The van der Waals surface area contributed by atoms with Crippen LogP contribution in [0.25, 0.3) is 38.5 Å². The SMILES string of the molecule is CCCCCCCC[N+]1=C(/C=C2\C(=O)C(/C=c3\c4cccc5cccc(c54)n3CCCCCC)=C2O)C(C)(C)c2c1ccc1cc(C(=O)O)ccc21. The van der Waals surface area contributed by atoms with Crippen LogP contribution in [-0.4, -0.2) is 43.4 Å². The zero-order valence-electron chi connectivity index (χ0n) is 31.1. The second-order valence-electron chi connectivity index (χ2n) is 15.2. The van der Waals surface area contributed by atoms with E-state index < -0.39 is 11.4 Å². The Labute approximate surface area is 306 Å². The van der Waals surface area contributed by atoms with Crippen LogP contribution in [0.4, 0.5) is 5.69 Å². The first kappa shape index (κ1) is 35.4. The molecule has 0 atom stereocenters. The van der Waals surface area contributed by atoms with E-state index in [-0.39, 0.29) is 17.1 Å². The summed E-state index contributed by atoms with van der Waals surface area (Å²) in [6.45, 7) is 10.4. The number of rotatable bonds is 15. The molecule has 0 radical (unpaired) electrons. The number of carboxylic acids is 1. The van der Waals surface area contributed by atoms with Gasteiger partial charge in [0.05, 0.1) is 22.1 Å². The van der Waals surface area contributed by atoms with Gasteiger partial charge < -0.3 is 14.8 Å². The number of aryl methyl sites for hydroxylation is 1. The first-order valence-corrected chi connectivity index (χ1v) is 19.3. The zero-order valence-corrected chi connectivity index (χ0v) is 31.1. The number of carboxylic acid groups (broad SMARTS) is 1. The number of carbonyl (C=O) groups is 2. The van der Waals surface area contributed by atoms with Crippen molar-refractivity contribution >= 4 is 61.7 Å². The van der Waals surface area contributed by atoms with E-state index in [4.69, 9.17) is 0 Å². The Kier molecular flexibility index (Phi) is 9.93. The number of aromatic carboxylic acids is 1. The van der Waals surface area contributed by atoms with E-state index in [1.807, 2.05) is 24.3 Å². The number of Topliss-reactive ketones (excluding diaryl/α,β-unsaturated/α-hetero) is 1. The summed E-state index contributed by atoms with van der Waals surface area (Å²) in [5, 5.41) is 27.6. The van der Waals surface area contributed by atoms with Crippen LogP contribution < -0.4 is 5.35 Å². The summed E-state index contributed by atoms with van der Waals surface area (Å²) in [5.74, 6) is -1.05. The molecule has 1 aliphatic heterocycles. The van der Waals surface area contributed by atoms with E-state index in [9.17, 15) is 19.8 Å². The van der Waals surface area contributed by atoms with Gasteiger partial charge in [0.1, 0.15) is 12.3 Å². The third-order valence-electron chi connectivity index (χ3n) is 11.4.